The SMILES string of the molecule is CC(C)NC(=O)NCC1OC(Cc2cc(-c3ccc(F)cc3)on2)CCC1O. The van der Waals surface area contributed by atoms with Gasteiger partial charge in [0.25, 0.3) is 0 Å². The minimum absolute atomic E-state index is 0.0346. The van der Waals surface area contributed by atoms with Crippen molar-refractivity contribution in [3.05, 3.63) is 41.8 Å². The molecule has 1 fully saturated rings. The smallest absolute Gasteiger partial charge is 0.315 e. The fourth-order valence-corrected chi connectivity index (χ4v) is 3.18. The van der Waals surface area contributed by atoms with Gasteiger partial charge < -0.3 is 25.0 Å². The number of aromatic nitrogens is 1. The van der Waals surface area contributed by atoms with E-state index in [4.69, 9.17) is 9.26 Å². The summed E-state index contributed by atoms with van der Waals surface area (Å²) in [5, 5.41) is 19.7. The molecule has 1 aliphatic heterocycles. The number of amides is 2. The van der Waals surface area contributed by atoms with Gasteiger partial charge in [-0.1, -0.05) is 5.16 Å². The van der Waals surface area contributed by atoms with Gasteiger partial charge in [-0.3, -0.25) is 0 Å². The third-order valence-electron chi connectivity index (χ3n) is 4.59. The molecular formula is C20H26FN3O4. The van der Waals surface area contributed by atoms with Crippen LogP contribution in [0.15, 0.2) is 34.9 Å². The number of hydrogen-bond acceptors (Lipinski definition) is 5. The van der Waals surface area contributed by atoms with Crippen LogP contribution < -0.4 is 10.6 Å². The van der Waals surface area contributed by atoms with Crippen molar-refractivity contribution in [1.29, 1.82) is 0 Å². The molecule has 2 heterocycles. The molecular weight excluding hydrogens is 365 g/mol. The first-order valence-corrected chi connectivity index (χ1v) is 9.50. The number of urea groups is 1. The van der Waals surface area contributed by atoms with E-state index in [1.165, 1.54) is 12.1 Å². The Balaban J connectivity index is 1.54. The molecule has 1 saturated heterocycles. The molecule has 1 aromatic heterocycles. The zero-order chi connectivity index (χ0) is 20.1. The highest BCUT2D eigenvalue weighted by Crippen LogP contribution is 2.25. The van der Waals surface area contributed by atoms with Gasteiger partial charge in [0.1, 0.15) is 11.9 Å². The van der Waals surface area contributed by atoms with Crippen molar-refractivity contribution >= 4 is 6.03 Å². The highest BCUT2D eigenvalue weighted by Gasteiger charge is 2.30. The zero-order valence-electron chi connectivity index (χ0n) is 16.0. The lowest BCUT2D eigenvalue weighted by Gasteiger charge is -2.33. The van der Waals surface area contributed by atoms with Crippen LogP contribution in [0.25, 0.3) is 11.3 Å². The number of rotatable bonds is 6. The van der Waals surface area contributed by atoms with Crippen molar-refractivity contribution in [2.45, 2.75) is 57.5 Å². The summed E-state index contributed by atoms with van der Waals surface area (Å²) in [6, 6.07) is 7.58. The van der Waals surface area contributed by atoms with Crippen molar-refractivity contribution < 1.29 is 23.6 Å². The molecule has 2 amide bonds. The van der Waals surface area contributed by atoms with E-state index in [2.05, 4.69) is 15.8 Å². The van der Waals surface area contributed by atoms with Gasteiger partial charge in [0.2, 0.25) is 0 Å². The minimum Gasteiger partial charge on any atom is -0.390 e. The number of hydrogen-bond donors (Lipinski definition) is 3. The molecule has 2 aromatic rings. The number of aliphatic hydroxyl groups is 1. The van der Waals surface area contributed by atoms with E-state index in [-0.39, 0.29) is 30.5 Å². The van der Waals surface area contributed by atoms with E-state index in [1.54, 1.807) is 12.1 Å². The summed E-state index contributed by atoms with van der Waals surface area (Å²) in [5.41, 5.74) is 1.48. The lowest BCUT2D eigenvalue weighted by atomic mass is 9.98. The van der Waals surface area contributed by atoms with Crippen molar-refractivity contribution in [3.63, 3.8) is 0 Å². The summed E-state index contributed by atoms with van der Waals surface area (Å²) in [7, 11) is 0. The molecule has 3 N–H and O–H groups in total. The molecule has 7 nitrogen and oxygen atoms in total. The zero-order valence-corrected chi connectivity index (χ0v) is 16.0. The van der Waals surface area contributed by atoms with Gasteiger partial charge in [0.05, 0.1) is 17.9 Å². The van der Waals surface area contributed by atoms with E-state index in [0.717, 1.165) is 11.3 Å². The number of ether oxygens (including phenoxy) is 1. The van der Waals surface area contributed by atoms with Gasteiger partial charge in [-0.15, -0.1) is 0 Å². The topological polar surface area (TPSA) is 96.6 Å². The lowest BCUT2D eigenvalue weighted by molar-refractivity contribution is -0.113. The van der Waals surface area contributed by atoms with Crippen LogP contribution in [-0.4, -0.2) is 47.2 Å². The van der Waals surface area contributed by atoms with Gasteiger partial charge in [-0.25, -0.2) is 9.18 Å². The molecule has 3 unspecified atom stereocenters. The number of halogens is 1. The standard InChI is InChI=1S/C20H26FN3O4/c1-12(2)23-20(26)22-11-19-17(25)8-7-16(27-19)9-15-10-18(28-24-15)13-3-5-14(21)6-4-13/h3-6,10,12,16-17,19,25H,7-9,11H2,1-2H3,(H2,22,23,26). The average Bonchev–Trinajstić information content (AvgIpc) is 3.10. The predicted octanol–water partition coefficient (Wildman–Crippen LogP) is 2.64. The third kappa shape index (κ3) is 5.53. The van der Waals surface area contributed by atoms with E-state index in [9.17, 15) is 14.3 Å². The molecule has 152 valence electrons. The van der Waals surface area contributed by atoms with Gasteiger partial charge in [-0.05, 0) is 51.0 Å². The largest absolute Gasteiger partial charge is 0.390 e. The maximum absolute atomic E-state index is 13.0. The Bertz CT molecular complexity index is 778. The van der Waals surface area contributed by atoms with Crippen LogP contribution >= 0.6 is 0 Å². The highest BCUT2D eigenvalue weighted by molar-refractivity contribution is 5.74. The first kappa shape index (κ1) is 20.3. The number of nitrogens with zero attached hydrogens (tertiary/aromatic N) is 1. The Morgan fingerprint density at radius 3 is 2.79 bits per heavy atom. The Morgan fingerprint density at radius 1 is 1.32 bits per heavy atom. The van der Waals surface area contributed by atoms with E-state index >= 15 is 0 Å². The van der Waals surface area contributed by atoms with Crippen LogP contribution in [0.2, 0.25) is 0 Å². The van der Waals surface area contributed by atoms with Crippen LogP contribution in [0.1, 0.15) is 32.4 Å². The van der Waals surface area contributed by atoms with Crippen LogP contribution in [0.4, 0.5) is 9.18 Å². The predicted molar refractivity (Wildman–Crippen MR) is 101 cm³/mol. The fourth-order valence-electron chi connectivity index (χ4n) is 3.18. The van der Waals surface area contributed by atoms with Crippen molar-refractivity contribution in [2.24, 2.45) is 0 Å². The van der Waals surface area contributed by atoms with Crippen molar-refractivity contribution in [2.75, 3.05) is 6.54 Å². The summed E-state index contributed by atoms with van der Waals surface area (Å²) in [5.74, 6) is 0.258. The Kier molecular flexibility index (Phi) is 6.64. The second-order valence-electron chi connectivity index (χ2n) is 7.34. The van der Waals surface area contributed by atoms with Gasteiger partial charge in [0, 0.05) is 30.6 Å². The summed E-state index contributed by atoms with van der Waals surface area (Å²) >= 11 is 0. The number of aliphatic hydroxyl groups excluding tert-OH is 1. The summed E-state index contributed by atoms with van der Waals surface area (Å²) in [6.07, 6.45) is 0.587. The maximum atomic E-state index is 13.0. The summed E-state index contributed by atoms with van der Waals surface area (Å²) in [6.45, 7) is 3.98. The van der Waals surface area contributed by atoms with Gasteiger partial charge in [-0.2, -0.15) is 0 Å². The first-order chi connectivity index (χ1) is 13.4. The fraction of sp³-hybridized carbons (Fsp3) is 0.500. The van der Waals surface area contributed by atoms with Gasteiger partial charge in [0.15, 0.2) is 5.76 Å². The minimum atomic E-state index is -0.623. The molecule has 1 aromatic carbocycles. The molecule has 0 bridgehead atoms. The second-order valence-corrected chi connectivity index (χ2v) is 7.34. The van der Waals surface area contributed by atoms with Crippen molar-refractivity contribution in [1.82, 2.24) is 15.8 Å². The van der Waals surface area contributed by atoms with Crippen LogP contribution in [0.3, 0.4) is 0 Å². The first-order valence-electron chi connectivity index (χ1n) is 9.50. The second kappa shape index (κ2) is 9.16. The Morgan fingerprint density at radius 2 is 2.07 bits per heavy atom. The molecule has 0 saturated carbocycles. The monoisotopic (exact) mass is 391 g/mol. The highest BCUT2D eigenvalue weighted by atomic mass is 19.1. The van der Waals surface area contributed by atoms with E-state index < -0.39 is 12.2 Å². The van der Waals surface area contributed by atoms with Crippen LogP contribution in [-0.2, 0) is 11.2 Å². The molecule has 0 aliphatic carbocycles. The van der Waals surface area contributed by atoms with Crippen LogP contribution in [0, 0.1) is 5.82 Å². The van der Waals surface area contributed by atoms with E-state index in [1.807, 2.05) is 19.9 Å². The molecule has 28 heavy (non-hydrogen) atoms. The van der Waals surface area contributed by atoms with Crippen molar-refractivity contribution in [3.8, 4) is 11.3 Å². The number of carbonyl (C=O) groups is 1. The van der Waals surface area contributed by atoms with E-state index in [0.29, 0.717) is 25.0 Å². The molecule has 3 atom stereocenters. The Hall–Kier alpha value is -2.45. The molecule has 0 radical (unpaired) electrons. The molecule has 1 aliphatic rings. The lowest BCUT2D eigenvalue weighted by Crippen LogP contribution is -2.49. The normalized spacial score (nSPS) is 22.2. The quantitative estimate of drug-likeness (QED) is 0.703. The maximum Gasteiger partial charge on any atom is 0.315 e. The molecule has 3 rings (SSSR count). The van der Waals surface area contributed by atoms with Crippen LogP contribution in [0.5, 0.6) is 0 Å². The number of carbonyl (C=O) groups excluding carboxylic acids is 1. The number of nitrogens with one attached hydrogen (secondary N) is 2. The third-order valence-corrected chi connectivity index (χ3v) is 4.59. The summed E-state index contributed by atoms with van der Waals surface area (Å²) in [4.78, 5) is 11.7. The summed E-state index contributed by atoms with van der Waals surface area (Å²) < 4.78 is 24.4. The number of benzene rings is 1. The average molecular weight is 391 g/mol. The molecule has 8 heteroatoms. The molecule has 0 spiro atoms. The van der Waals surface area contributed by atoms with Gasteiger partial charge >= 0.3 is 6.03 Å². The Labute approximate surface area is 163 Å².